The van der Waals surface area contributed by atoms with E-state index in [-0.39, 0.29) is 5.75 Å². The van der Waals surface area contributed by atoms with Gasteiger partial charge >= 0.3 is 5.63 Å². The number of benzene rings is 2. The van der Waals surface area contributed by atoms with E-state index in [1.807, 2.05) is 18.2 Å². The minimum Gasteiger partial charge on any atom is -0.508 e. The maximum absolute atomic E-state index is 12.0. The van der Waals surface area contributed by atoms with Gasteiger partial charge in [0.25, 0.3) is 0 Å². The van der Waals surface area contributed by atoms with Crippen LogP contribution >= 0.6 is 0 Å². The largest absolute Gasteiger partial charge is 0.508 e. The van der Waals surface area contributed by atoms with Crippen LogP contribution in [0.15, 0.2) is 45.6 Å². The first kappa shape index (κ1) is 16.6. The highest BCUT2D eigenvalue weighted by atomic mass is 16.5. The minimum absolute atomic E-state index is 0.211. The van der Waals surface area contributed by atoms with Crippen LogP contribution in [0, 0.1) is 6.92 Å². The van der Waals surface area contributed by atoms with Crippen LogP contribution < -0.4 is 15.1 Å². The fourth-order valence-electron chi connectivity index (χ4n) is 2.67. The summed E-state index contributed by atoms with van der Waals surface area (Å²) in [6, 6.07) is 10.4. The Bertz CT molecular complexity index is 997. The molecule has 25 heavy (non-hydrogen) atoms. The van der Waals surface area contributed by atoms with E-state index in [0.717, 1.165) is 11.1 Å². The Morgan fingerprint density at radius 1 is 1.04 bits per heavy atom. The van der Waals surface area contributed by atoms with Crippen LogP contribution in [0.25, 0.3) is 23.1 Å². The van der Waals surface area contributed by atoms with Crippen LogP contribution in [0.3, 0.4) is 0 Å². The van der Waals surface area contributed by atoms with E-state index in [1.54, 1.807) is 44.4 Å². The third-order valence-corrected chi connectivity index (χ3v) is 3.97. The number of phenols is 1. The molecule has 1 aromatic heterocycles. The fourth-order valence-corrected chi connectivity index (χ4v) is 2.67. The van der Waals surface area contributed by atoms with Crippen LogP contribution in [-0.2, 0) is 0 Å². The molecular formula is C20H18O5. The predicted octanol–water partition coefficient (Wildman–Crippen LogP) is 3.99. The highest BCUT2D eigenvalue weighted by molar-refractivity contribution is 5.95. The highest BCUT2D eigenvalue weighted by Gasteiger charge is 2.15. The standard InChI is InChI=1S/C20H18O5/c1-12-19(24-3)18-14(7-4-13-5-8-15(21)9-6-13)10-16(23-2)11-17(18)25-20(12)22/h4-11,21H,1-3H3/b7-4+. The number of methoxy groups -OCH3 is 2. The van der Waals surface area contributed by atoms with E-state index in [0.29, 0.717) is 28.0 Å². The molecule has 0 saturated heterocycles. The van der Waals surface area contributed by atoms with E-state index < -0.39 is 5.63 Å². The number of ether oxygens (including phenoxy) is 2. The van der Waals surface area contributed by atoms with Gasteiger partial charge in [-0.05, 0) is 36.2 Å². The van der Waals surface area contributed by atoms with Crippen molar-refractivity contribution in [2.75, 3.05) is 14.2 Å². The maximum Gasteiger partial charge on any atom is 0.342 e. The smallest absolute Gasteiger partial charge is 0.342 e. The van der Waals surface area contributed by atoms with Gasteiger partial charge in [-0.2, -0.15) is 0 Å². The summed E-state index contributed by atoms with van der Waals surface area (Å²) in [6.07, 6.45) is 3.78. The highest BCUT2D eigenvalue weighted by Crippen LogP contribution is 2.34. The molecule has 3 aromatic rings. The molecule has 0 unspecified atom stereocenters. The average Bonchev–Trinajstić information content (AvgIpc) is 2.62. The van der Waals surface area contributed by atoms with Gasteiger partial charge in [-0.25, -0.2) is 4.79 Å². The summed E-state index contributed by atoms with van der Waals surface area (Å²) >= 11 is 0. The van der Waals surface area contributed by atoms with Crippen LogP contribution in [0.4, 0.5) is 0 Å². The Morgan fingerprint density at radius 3 is 2.40 bits per heavy atom. The number of hydrogen-bond acceptors (Lipinski definition) is 5. The maximum atomic E-state index is 12.0. The summed E-state index contributed by atoms with van der Waals surface area (Å²) in [5.41, 5.74) is 2.09. The molecule has 0 atom stereocenters. The van der Waals surface area contributed by atoms with Gasteiger partial charge in [0, 0.05) is 6.07 Å². The molecule has 0 spiro atoms. The fraction of sp³-hybridized carbons (Fsp3) is 0.150. The zero-order valence-electron chi connectivity index (χ0n) is 14.2. The van der Waals surface area contributed by atoms with Crippen molar-refractivity contribution in [2.24, 2.45) is 0 Å². The van der Waals surface area contributed by atoms with Crippen molar-refractivity contribution in [3.8, 4) is 17.2 Å². The van der Waals surface area contributed by atoms with Crippen molar-refractivity contribution in [3.05, 3.63) is 63.5 Å². The van der Waals surface area contributed by atoms with Crippen LogP contribution in [0.2, 0.25) is 0 Å². The molecule has 0 fully saturated rings. The van der Waals surface area contributed by atoms with Gasteiger partial charge in [-0.3, -0.25) is 0 Å². The quantitative estimate of drug-likeness (QED) is 0.575. The van der Waals surface area contributed by atoms with Gasteiger partial charge in [0.15, 0.2) is 0 Å². The lowest BCUT2D eigenvalue weighted by atomic mass is 10.0. The number of aromatic hydroxyl groups is 1. The third kappa shape index (κ3) is 3.21. The van der Waals surface area contributed by atoms with Gasteiger partial charge in [-0.15, -0.1) is 0 Å². The molecule has 2 aromatic carbocycles. The summed E-state index contributed by atoms with van der Waals surface area (Å²) in [5.74, 6) is 1.27. The second-order valence-corrected chi connectivity index (χ2v) is 5.56. The van der Waals surface area contributed by atoms with E-state index in [4.69, 9.17) is 13.9 Å². The summed E-state index contributed by atoms with van der Waals surface area (Å²) in [6.45, 7) is 1.67. The molecule has 0 bridgehead atoms. The number of phenolic OH excluding ortho intramolecular Hbond substituents is 1. The SMILES string of the molecule is COc1cc(/C=C/c2ccc(O)cc2)c2c(OC)c(C)c(=O)oc2c1. The predicted molar refractivity (Wildman–Crippen MR) is 97.4 cm³/mol. The molecule has 5 heteroatoms. The van der Waals surface area contributed by atoms with Crippen molar-refractivity contribution in [2.45, 2.75) is 6.92 Å². The second-order valence-electron chi connectivity index (χ2n) is 5.56. The first-order valence-electron chi connectivity index (χ1n) is 7.70. The second kappa shape index (κ2) is 6.73. The van der Waals surface area contributed by atoms with E-state index >= 15 is 0 Å². The Labute approximate surface area is 144 Å². The van der Waals surface area contributed by atoms with Crippen molar-refractivity contribution in [1.29, 1.82) is 0 Å². The number of rotatable bonds is 4. The monoisotopic (exact) mass is 338 g/mol. The van der Waals surface area contributed by atoms with Gasteiger partial charge in [0.2, 0.25) is 0 Å². The summed E-state index contributed by atoms with van der Waals surface area (Å²) in [5, 5.41) is 10.1. The lowest BCUT2D eigenvalue weighted by Gasteiger charge is -2.11. The number of hydrogen-bond donors (Lipinski definition) is 1. The molecule has 0 saturated carbocycles. The van der Waals surface area contributed by atoms with Crippen molar-refractivity contribution < 1.29 is 19.0 Å². The van der Waals surface area contributed by atoms with Crippen LogP contribution in [-0.4, -0.2) is 19.3 Å². The van der Waals surface area contributed by atoms with Crippen molar-refractivity contribution >= 4 is 23.1 Å². The topological polar surface area (TPSA) is 68.9 Å². The Morgan fingerprint density at radius 2 is 1.76 bits per heavy atom. The normalized spacial score (nSPS) is 11.2. The molecule has 1 N–H and O–H groups in total. The summed E-state index contributed by atoms with van der Waals surface area (Å²) in [4.78, 5) is 12.0. The Balaban J connectivity index is 2.23. The number of fused-ring (bicyclic) bond motifs is 1. The molecule has 3 rings (SSSR count). The van der Waals surface area contributed by atoms with Crippen molar-refractivity contribution in [3.63, 3.8) is 0 Å². The van der Waals surface area contributed by atoms with Gasteiger partial charge in [-0.1, -0.05) is 24.3 Å². The molecule has 0 amide bonds. The molecule has 5 nitrogen and oxygen atoms in total. The molecule has 1 heterocycles. The molecular weight excluding hydrogens is 320 g/mol. The molecule has 0 aliphatic heterocycles. The molecule has 0 radical (unpaired) electrons. The zero-order valence-corrected chi connectivity index (χ0v) is 14.2. The van der Waals surface area contributed by atoms with Crippen LogP contribution in [0.1, 0.15) is 16.7 Å². The lowest BCUT2D eigenvalue weighted by molar-refractivity contribution is 0.405. The first-order chi connectivity index (χ1) is 12.0. The van der Waals surface area contributed by atoms with Crippen molar-refractivity contribution in [1.82, 2.24) is 0 Å². The van der Waals surface area contributed by atoms with Gasteiger partial charge < -0.3 is 19.0 Å². The van der Waals surface area contributed by atoms with Gasteiger partial charge in [0.1, 0.15) is 22.8 Å². The van der Waals surface area contributed by atoms with E-state index in [1.165, 1.54) is 7.11 Å². The summed E-state index contributed by atoms with van der Waals surface area (Å²) < 4.78 is 16.2. The van der Waals surface area contributed by atoms with E-state index in [2.05, 4.69) is 0 Å². The average molecular weight is 338 g/mol. The molecule has 0 aliphatic rings. The Hall–Kier alpha value is -3.21. The molecule has 0 aliphatic carbocycles. The van der Waals surface area contributed by atoms with E-state index in [9.17, 15) is 9.90 Å². The lowest BCUT2D eigenvalue weighted by Crippen LogP contribution is -2.06. The van der Waals surface area contributed by atoms with Crippen LogP contribution in [0.5, 0.6) is 17.2 Å². The molecule has 128 valence electrons. The first-order valence-corrected chi connectivity index (χ1v) is 7.70. The zero-order chi connectivity index (χ0) is 18.0. The third-order valence-electron chi connectivity index (χ3n) is 3.97. The van der Waals surface area contributed by atoms with Gasteiger partial charge in [0.05, 0.1) is 25.2 Å². The minimum atomic E-state index is -0.439. The summed E-state index contributed by atoms with van der Waals surface area (Å²) in [7, 11) is 3.08. The Kier molecular flexibility index (Phi) is 4.48.